The number of hydrogen-bond donors (Lipinski definition) is 2. The van der Waals surface area contributed by atoms with E-state index in [1.54, 1.807) is 74.5 Å². The van der Waals surface area contributed by atoms with Gasteiger partial charge in [0.25, 0.3) is 17.7 Å². The maximum atomic E-state index is 15.3. The van der Waals surface area contributed by atoms with Gasteiger partial charge in [-0.25, -0.2) is 9.80 Å². The van der Waals surface area contributed by atoms with E-state index in [4.69, 9.17) is 16.7 Å². The van der Waals surface area contributed by atoms with Gasteiger partial charge in [-0.2, -0.15) is 25.3 Å². The number of amides is 4. The average Bonchev–Trinajstić information content (AvgIpc) is 3.85. The molecule has 14 heteroatoms. The van der Waals surface area contributed by atoms with Crippen molar-refractivity contribution in [1.29, 1.82) is 0 Å². The zero-order chi connectivity index (χ0) is 44.2. The van der Waals surface area contributed by atoms with Crippen LogP contribution in [0.15, 0.2) is 94.2 Å². The molecule has 0 aromatic heterocycles. The molecule has 0 spiro atoms. The summed E-state index contributed by atoms with van der Waals surface area (Å²) in [6, 6.07) is 21.4. The van der Waals surface area contributed by atoms with Crippen LogP contribution >= 0.6 is 11.6 Å². The summed E-state index contributed by atoms with van der Waals surface area (Å²) in [5.74, 6) is -6.86. The normalized spacial score (nSPS) is 19.9. The first kappa shape index (κ1) is 45.8. The van der Waals surface area contributed by atoms with Crippen molar-refractivity contribution in [3.63, 3.8) is 0 Å². The van der Waals surface area contributed by atoms with E-state index in [0.29, 0.717) is 17.8 Å². The highest BCUT2D eigenvalue weighted by atomic mass is 35.5. The second-order valence-corrected chi connectivity index (χ2v) is 16.9. The first-order valence-electron chi connectivity index (χ1n) is 22.1. The van der Waals surface area contributed by atoms with Crippen molar-refractivity contribution in [3.05, 3.63) is 89.4 Å². The SMILES string of the molecule is CCCCCCCCCCCCCCCCCC(=O)NC1=NN(c2ccc(Cl)c(C(=O)O)c2)C(=O)[C@@H]1[C@@]1([C@@H]2C(=O)N(c3ccccc3)N=C2C)C(=O)N(c2ccccc2)N=C1C. The van der Waals surface area contributed by atoms with Crippen molar-refractivity contribution < 1.29 is 29.1 Å². The number of carboxylic acid groups (broad SMARTS) is 1. The summed E-state index contributed by atoms with van der Waals surface area (Å²) in [6.07, 6.45) is 17.9. The minimum Gasteiger partial charge on any atom is -0.478 e. The highest BCUT2D eigenvalue weighted by molar-refractivity contribution is 6.35. The van der Waals surface area contributed by atoms with E-state index in [9.17, 15) is 19.5 Å². The number of para-hydroxylation sites is 2. The molecule has 0 saturated heterocycles. The molecule has 3 aromatic rings. The Balaban J connectivity index is 1.23. The van der Waals surface area contributed by atoms with E-state index in [1.165, 1.54) is 92.4 Å². The molecule has 6 rings (SSSR count). The van der Waals surface area contributed by atoms with Gasteiger partial charge in [0.15, 0.2) is 0 Å². The summed E-state index contributed by atoms with van der Waals surface area (Å²) in [7, 11) is 0. The van der Waals surface area contributed by atoms with Crippen molar-refractivity contribution in [3.8, 4) is 0 Å². The third kappa shape index (κ3) is 9.99. The summed E-state index contributed by atoms with van der Waals surface area (Å²) in [5.41, 5.74) is -1.04. The highest BCUT2D eigenvalue weighted by Gasteiger charge is 2.69. The fourth-order valence-corrected chi connectivity index (χ4v) is 9.04. The quantitative estimate of drug-likeness (QED) is 0.0955. The van der Waals surface area contributed by atoms with E-state index in [2.05, 4.69) is 22.4 Å². The molecular weight excluding hydrogens is 806 g/mol. The molecule has 0 radical (unpaired) electrons. The lowest BCUT2D eigenvalue weighted by atomic mass is 9.61. The Kier molecular flexibility index (Phi) is 15.8. The van der Waals surface area contributed by atoms with E-state index >= 15 is 9.59 Å². The van der Waals surface area contributed by atoms with Crippen LogP contribution in [0.1, 0.15) is 134 Å². The second-order valence-electron chi connectivity index (χ2n) is 16.5. The van der Waals surface area contributed by atoms with Gasteiger partial charge in [-0.05, 0) is 62.7 Å². The number of rotatable bonds is 22. The smallest absolute Gasteiger partial charge is 0.337 e. The molecule has 4 amide bonds. The van der Waals surface area contributed by atoms with E-state index < -0.39 is 46.8 Å². The van der Waals surface area contributed by atoms with Crippen molar-refractivity contribution >= 4 is 75.5 Å². The lowest BCUT2D eigenvalue weighted by molar-refractivity contribution is -0.136. The van der Waals surface area contributed by atoms with Gasteiger partial charge in [0, 0.05) is 12.1 Å². The number of carbonyl (C=O) groups excluding carboxylic acids is 4. The van der Waals surface area contributed by atoms with Gasteiger partial charge >= 0.3 is 5.97 Å². The molecule has 328 valence electrons. The third-order valence-electron chi connectivity index (χ3n) is 12.1. The second kappa shape index (κ2) is 21.4. The number of carboxylic acids is 1. The fraction of sp³-hybridized carbons (Fsp3) is 0.458. The maximum absolute atomic E-state index is 15.3. The van der Waals surface area contributed by atoms with Crippen molar-refractivity contribution in [1.82, 2.24) is 5.32 Å². The van der Waals surface area contributed by atoms with Crippen LogP contribution in [0.4, 0.5) is 17.1 Å². The summed E-state index contributed by atoms with van der Waals surface area (Å²) in [6.45, 7) is 5.46. The highest BCUT2D eigenvalue weighted by Crippen LogP contribution is 2.51. The number of nitrogens with one attached hydrogen (secondary N) is 1. The summed E-state index contributed by atoms with van der Waals surface area (Å²) in [4.78, 5) is 71.2. The van der Waals surface area contributed by atoms with Gasteiger partial charge in [0.1, 0.15) is 23.1 Å². The number of hydrazone groups is 3. The Morgan fingerprint density at radius 3 is 1.69 bits per heavy atom. The molecule has 62 heavy (non-hydrogen) atoms. The van der Waals surface area contributed by atoms with Crippen molar-refractivity contribution in [2.45, 2.75) is 124 Å². The van der Waals surface area contributed by atoms with Gasteiger partial charge in [0.2, 0.25) is 5.91 Å². The monoisotopic (exact) mass is 863 g/mol. The van der Waals surface area contributed by atoms with Crippen molar-refractivity contribution in [2.24, 2.45) is 32.6 Å². The van der Waals surface area contributed by atoms with Crippen LogP contribution in [0.2, 0.25) is 5.02 Å². The lowest BCUT2D eigenvalue weighted by Crippen LogP contribution is -2.60. The van der Waals surface area contributed by atoms with Gasteiger partial charge < -0.3 is 10.4 Å². The van der Waals surface area contributed by atoms with Crippen LogP contribution < -0.4 is 20.3 Å². The van der Waals surface area contributed by atoms with E-state index in [0.717, 1.165) is 30.7 Å². The zero-order valence-corrected chi connectivity index (χ0v) is 36.8. The molecule has 3 atom stereocenters. The molecule has 3 aliphatic rings. The van der Waals surface area contributed by atoms with Crippen LogP contribution in [0.3, 0.4) is 0 Å². The predicted octanol–water partition coefficient (Wildman–Crippen LogP) is 10.1. The van der Waals surface area contributed by atoms with Crippen LogP contribution in [-0.2, 0) is 19.2 Å². The number of nitrogens with zero attached hydrogens (tertiary/aromatic N) is 6. The molecule has 3 aliphatic heterocycles. The molecule has 0 aliphatic carbocycles. The molecule has 0 unspecified atom stereocenters. The molecular formula is C48H58ClN7O6. The summed E-state index contributed by atoms with van der Waals surface area (Å²) >= 11 is 6.22. The topological polar surface area (TPSA) is 164 Å². The van der Waals surface area contributed by atoms with Gasteiger partial charge in [-0.3, -0.25) is 19.2 Å². The van der Waals surface area contributed by atoms with Gasteiger partial charge in [-0.15, -0.1) is 0 Å². The molecule has 3 heterocycles. The summed E-state index contributed by atoms with van der Waals surface area (Å²) in [5, 5.41) is 30.0. The third-order valence-corrected chi connectivity index (χ3v) is 12.4. The number of unbranched alkanes of at least 4 members (excludes halogenated alkanes) is 14. The van der Waals surface area contributed by atoms with E-state index in [1.807, 2.05) is 0 Å². The molecule has 0 saturated carbocycles. The van der Waals surface area contributed by atoms with Crippen LogP contribution in [-0.4, -0.2) is 52.0 Å². The Hall–Kier alpha value is -5.69. The number of anilines is 3. The summed E-state index contributed by atoms with van der Waals surface area (Å²) < 4.78 is 0. The minimum absolute atomic E-state index is 0.0395. The molecule has 0 bridgehead atoms. The Morgan fingerprint density at radius 2 is 1.15 bits per heavy atom. The minimum atomic E-state index is -2.06. The van der Waals surface area contributed by atoms with Crippen LogP contribution in [0.5, 0.6) is 0 Å². The lowest BCUT2D eigenvalue weighted by Gasteiger charge is -2.37. The number of aromatic carboxylic acids is 1. The van der Waals surface area contributed by atoms with Gasteiger partial charge in [-0.1, -0.05) is 145 Å². The van der Waals surface area contributed by atoms with Crippen LogP contribution in [0.25, 0.3) is 0 Å². The first-order valence-corrected chi connectivity index (χ1v) is 22.5. The standard InChI is InChI=1S/C48H58ClN7O6/c1-4-5-6-7-8-9-10-11-12-13-14-15-16-17-24-29-40(57)50-43-42(45(59)55(53-43)37-30-31-39(49)38(32-37)46(60)61)48(34(3)52-56(47(48)62)36-27-22-19-23-28-36)41-33(2)51-54(44(41)58)35-25-20-18-21-26-35/h18-23,25-28,30-32,41-42H,4-17,24,29H2,1-3H3,(H,60,61)(H,50,53,57)/t41-,42+,48+/m0/s1. The maximum Gasteiger partial charge on any atom is 0.337 e. The molecule has 0 fully saturated rings. The predicted molar refractivity (Wildman–Crippen MR) is 245 cm³/mol. The largest absolute Gasteiger partial charge is 0.478 e. The van der Waals surface area contributed by atoms with Crippen LogP contribution in [0, 0.1) is 17.3 Å². The Labute approximate surface area is 369 Å². The fourth-order valence-electron chi connectivity index (χ4n) is 8.85. The zero-order valence-electron chi connectivity index (χ0n) is 36.0. The number of amidine groups is 1. The van der Waals surface area contributed by atoms with Gasteiger partial charge in [0.05, 0.1) is 33.4 Å². The molecule has 2 N–H and O–H groups in total. The molecule has 3 aromatic carbocycles. The van der Waals surface area contributed by atoms with Crippen molar-refractivity contribution in [2.75, 3.05) is 15.0 Å². The molecule has 13 nitrogen and oxygen atoms in total. The number of carbonyl (C=O) groups is 5. The Bertz CT molecular complexity index is 2200. The average molecular weight is 864 g/mol. The number of benzene rings is 3. The van der Waals surface area contributed by atoms with E-state index in [-0.39, 0.29) is 40.0 Å². The first-order chi connectivity index (χ1) is 30.0. The number of halogens is 1. The number of hydrogen-bond acceptors (Lipinski definition) is 8. The Morgan fingerprint density at radius 1 is 0.645 bits per heavy atom.